The van der Waals surface area contributed by atoms with Crippen LogP contribution in [0.4, 0.5) is 0 Å². The first kappa shape index (κ1) is 13.8. The number of unbranched alkanes of at least 4 members (excludes halogenated alkanes) is 1. The molecule has 1 saturated carbocycles. The Morgan fingerprint density at radius 3 is 2.38 bits per heavy atom. The van der Waals surface area contributed by atoms with Crippen molar-refractivity contribution in [3.05, 3.63) is 0 Å². The summed E-state index contributed by atoms with van der Waals surface area (Å²) in [5.74, 6) is 7.29. The van der Waals surface area contributed by atoms with E-state index in [0.29, 0.717) is 5.04 Å². The summed E-state index contributed by atoms with van der Waals surface area (Å²) < 4.78 is 6.09. The smallest absolute Gasteiger partial charge is 0.191 e. The van der Waals surface area contributed by atoms with Crippen molar-refractivity contribution in [3.8, 4) is 11.8 Å². The zero-order valence-corrected chi connectivity index (χ0v) is 12.5. The topological polar surface area (TPSA) is 9.23 Å². The maximum Gasteiger partial charge on any atom is 0.191 e. The quantitative estimate of drug-likeness (QED) is 0.405. The molecule has 0 aromatic rings. The maximum atomic E-state index is 6.09. The Bertz CT molecular complexity index is 273. The van der Waals surface area contributed by atoms with E-state index in [1.54, 1.807) is 0 Å². The lowest BCUT2D eigenvalue weighted by molar-refractivity contribution is 0.284. The van der Waals surface area contributed by atoms with Gasteiger partial charge in [-0.25, -0.2) is 0 Å². The van der Waals surface area contributed by atoms with Crippen molar-refractivity contribution in [2.75, 3.05) is 6.61 Å². The van der Waals surface area contributed by atoms with Crippen LogP contribution in [0.25, 0.3) is 0 Å². The first-order valence-corrected chi connectivity index (χ1v) is 9.36. The van der Waals surface area contributed by atoms with Gasteiger partial charge in [0.1, 0.15) is 0 Å². The summed E-state index contributed by atoms with van der Waals surface area (Å²) in [7, 11) is -1.52. The molecule has 2 heteroatoms. The Balaban J connectivity index is 2.12. The Morgan fingerprint density at radius 1 is 1.25 bits per heavy atom. The molecular formula is C14H26OSi. The number of hydrogen-bond acceptors (Lipinski definition) is 1. The van der Waals surface area contributed by atoms with E-state index < -0.39 is 8.32 Å². The molecule has 1 fully saturated rings. The number of rotatable bonds is 4. The third-order valence-electron chi connectivity index (χ3n) is 3.60. The summed E-state index contributed by atoms with van der Waals surface area (Å²) in [6.07, 6.45) is 4.75. The predicted octanol–water partition coefficient (Wildman–Crippen LogP) is 4.20. The van der Waals surface area contributed by atoms with Crippen LogP contribution in [0.2, 0.25) is 18.1 Å². The standard InChI is InChI=1S/C14H26OSi/c1-14(2,3)16(4,5)15-12-8-6-7-9-13-10-11-13/h13H,6,8,10-12H2,1-5H3. The molecule has 1 aliphatic rings. The summed E-state index contributed by atoms with van der Waals surface area (Å²) in [5, 5.41) is 0.326. The van der Waals surface area contributed by atoms with Crippen LogP contribution in [0.1, 0.15) is 46.5 Å². The van der Waals surface area contributed by atoms with Crippen LogP contribution < -0.4 is 0 Å². The van der Waals surface area contributed by atoms with Gasteiger partial charge in [-0.15, -0.1) is 5.92 Å². The molecule has 92 valence electrons. The zero-order valence-electron chi connectivity index (χ0n) is 11.5. The van der Waals surface area contributed by atoms with E-state index >= 15 is 0 Å². The largest absolute Gasteiger partial charge is 0.417 e. The van der Waals surface area contributed by atoms with Crippen LogP contribution >= 0.6 is 0 Å². The highest BCUT2D eigenvalue weighted by Gasteiger charge is 2.36. The highest BCUT2D eigenvalue weighted by atomic mass is 28.4. The Labute approximate surface area is 102 Å². The van der Waals surface area contributed by atoms with Crippen LogP contribution in [0, 0.1) is 17.8 Å². The van der Waals surface area contributed by atoms with Gasteiger partial charge in [0.2, 0.25) is 0 Å². The van der Waals surface area contributed by atoms with Gasteiger partial charge in [-0.05, 0) is 37.4 Å². The molecule has 0 radical (unpaired) electrons. The third kappa shape index (κ3) is 4.72. The second-order valence-electron chi connectivity index (χ2n) is 6.31. The first-order valence-electron chi connectivity index (χ1n) is 6.45. The average molecular weight is 238 g/mol. The lowest BCUT2D eigenvalue weighted by Crippen LogP contribution is -2.40. The summed E-state index contributed by atoms with van der Waals surface area (Å²) >= 11 is 0. The highest BCUT2D eigenvalue weighted by Crippen LogP contribution is 2.36. The molecule has 0 aromatic carbocycles. The minimum atomic E-state index is -1.52. The van der Waals surface area contributed by atoms with Crippen molar-refractivity contribution >= 4 is 8.32 Å². The molecule has 0 aromatic heterocycles. The second kappa shape index (κ2) is 5.38. The van der Waals surface area contributed by atoms with Crippen molar-refractivity contribution in [1.82, 2.24) is 0 Å². The molecule has 0 amide bonds. The molecule has 1 aliphatic carbocycles. The molecule has 0 aliphatic heterocycles. The molecule has 1 rings (SSSR count). The summed E-state index contributed by atoms with van der Waals surface area (Å²) in [6, 6.07) is 0. The van der Waals surface area contributed by atoms with E-state index in [9.17, 15) is 0 Å². The monoisotopic (exact) mass is 238 g/mol. The van der Waals surface area contributed by atoms with E-state index in [1.165, 1.54) is 12.8 Å². The van der Waals surface area contributed by atoms with Crippen LogP contribution in [0.3, 0.4) is 0 Å². The van der Waals surface area contributed by atoms with Gasteiger partial charge >= 0.3 is 0 Å². The average Bonchev–Trinajstić information content (AvgIpc) is 2.92. The van der Waals surface area contributed by atoms with Crippen molar-refractivity contribution in [2.45, 2.75) is 64.6 Å². The maximum absolute atomic E-state index is 6.09. The normalized spacial score (nSPS) is 16.8. The van der Waals surface area contributed by atoms with E-state index in [0.717, 1.165) is 25.4 Å². The molecular weight excluding hydrogens is 212 g/mol. The molecule has 1 nitrogen and oxygen atoms in total. The second-order valence-corrected chi connectivity index (χ2v) is 11.1. The molecule has 0 heterocycles. The van der Waals surface area contributed by atoms with Crippen LogP contribution in [0.15, 0.2) is 0 Å². The van der Waals surface area contributed by atoms with Crippen molar-refractivity contribution in [1.29, 1.82) is 0 Å². The Hall–Kier alpha value is -0.263. The van der Waals surface area contributed by atoms with Gasteiger partial charge in [0.05, 0.1) is 0 Å². The molecule has 0 spiro atoms. The number of hydrogen-bond donors (Lipinski definition) is 0. The molecule has 0 N–H and O–H groups in total. The van der Waals surface area contributed by atoms with Crippen molar-refractivity contribution in [3.63, 3.8) is 0 Å². The van der Waals surface area contributed by atoms with Gasteiger partial charge in [0, 0.05) is 18.9 Å². The van der Waals surface area contributed by atoms with Gasteiger partial charge in [-0.1, -0.05) is 26.7 Å². The lowest BCUT2D eigenvalue weighted by Gasteiger charge is -2.36. The van der Waals surface area contributed by atoms with Gasteiger partial charge < -0.3 is 4.43 Å². The Morgan fingerprint density at radius 2 is 1.88 bits per heavy atom. The van der Waals surface area contributed by atoms with Crippen LogP contribution in [0.5, 0.6) is 0 Å². The Kier molecular flexibility index (Phi) is 4.64. The van der Waals surface area contributed by atoms with Crippen molar-refractivity contribution < 1.29 is 4.43 Å². The van der Waals surface area contributed by atoms with E-state index in [1.807, 2.05) is 0 Å². The van der Waals surface area contributed by atoms with Crippen molar-refractivity contribution in [2.24, 2.45) is 5.92 Å². The van der Waals surface area contributed by atoms with Crippen LogP contribution in [-0.2, 0) is 4.43 Å². The fraction of sp³-hybridized carbons (Fsp3) is 0.857. The minimum absolute atomic E-state index is 0.326. The summed E-state index contributed by atoms with van der Waals surface area (Å²) in [5.41, 5.74) is 0. The van der Waals surface area contributed by atoms with E-state index in [4.69, 9.17) is 4.43 Å². The third-order valence-corrected chi connectivity index (χ3v) is 8.14. The first-order chi connectivity index (χ1) is 7.33. The van der Waals surface area contributed by atoms with Crippen LogP contribution in [-0.4, -0.2) is 14.9 Å². The van der Waals surface area contributed by atoms with Gasteiger partial charge in [-0.2, -0.15) is 0 Å². The lowest BCUT2D eigenvalue weighted by atomic mass is 10.2. The molecule has 0 bridgehead atoms. The van der Waals surface area contributed by atoms with Gasteiger partial charge in [0.15, 0.2) is 8.32 Å². The predicted molar refractivity (Wildman–Crippen MR) is 72.9 cm³/mol. The van der Waals surface area contributed by atoms with E-state index in [-0.39, 0.29) is 0 Å². The molecule has 0 atom stereocenters. The summed E-state index contributed by atoms with van der Waals surface area (Å²) in [4.78, 5) is 0. The highest BCUT2D eigenvalue weighted by molar-refractivity contribution is 6.74. The summed E-state index contributed by atoms with van der Waals surface area (Å²) in [6.45, 7) is 12.4. The van der Waals surface area contributed by atoms with Gasteiger partial charge in [-0.3, -0.25) is 0 Å². The fourth-order valence-corrected chi connectivity index (χ4v) is 2.24. The fourth-order valence-electron chi connectivity index (χ4n) is 1.15. The molecule has 0 unspecified atom stereocenters. The SMILES string of the molecule is CC(C)(C)[Si](C)(C)OCCCC#CC1CC1. The zero-order chi connectivity index (χ0) is 12.2. The molecule has 16 heavy (non-hydrogen) atoms. The molecule has 0 saturated heterocycles. The van der Waals surface area contributed by atoms with E-state index in [2.05, 4.69) is 45.7 Å². The van der Waals surface area contributed by atoms with Gasteiger partial charge in [0.25, 0.3) is 0 Å². The minimum Gasteiger partial charge on any atom is -0.417 e.